The van der Waals surface area contributed by atoms with Gasteiger partial charge in [0, 0.05) is 18.0 Å². The average Bonchev–Trinajstić information content (AvgIpc) is 2.61. The molecule has 0 unspecified atom stereocenters. The van der Waals surface area contributed by atoms with Gasteiger partial charge < -0.3 is 10.6 Å². The maximum atomic E-state index is 13.6. The largest absolute Gasteiger partial charge is 0.338 e. The molecule has 0 aliphatic heterocycles. The molecule has 8 heteroatoms. The van der Waals surface area contributed by atoms with Crippen LogP contribution in [0.4, 0.5) is 30.4 Å². The molecule has 3 aromatic rings. The van der Waals surface area contributed by atoms with Crippen molar-refractivity contribution < 1.29 is 18.0 Å². The summed E-state index contributed by atoms with van der Waals surface area (Å²) >= 11 is 5.66. The van der Waals surface area contributed by atoms with Crippen molar-refractivity contribution in [1.82, 2.24) is 4.98 Å². The molecule has 2 N–H and O–H groups in total. The summed E-state index contributed by atoms with van der Waals surface area (Å²) in [5.74, 6) is -2.23. The molecule has 0 saturated heterocycles. The highest BCUT2D eigenvalue weighted by Crippen LogP contribution is 2.21. The Balaban J connectivity index is 1.70. The Morgan fingerprint density at radius 3 is 2.42 bits per heavy atom. The monoisotopic (exact) mass is 377 g/mol. The predicted molar refractivity (Wildman–Crippen MR) is 93.2 cm³/mol. The number of carbonyl (C=O) groups excluding carboxylic acids is 1. The number of anilines is 3. The van der Waals surface area contributed by atoms with Crippen molar-refractivity contribution in [3.05, 3.63) is 82.8 Å². The Morgan fingerprint density at radius 1 is 0.962 bits per heavy atom. The number of amides is 1. The lowest BCUT2D eigenvalue weighted by molar-refractivity contribution is 0.102. The number of rotatable bonds is 4. The van der Waals surface area contributed by atoms with Crippen LogP contribution in [0.5, 0.6) is 0 Å². The van der Waals surface area contributed by atoms with Crippen LogP contribution in [0.2, 0.25) is 5.02 Å². The molecule has 1 heterocycles. The Kier molecular flexibility index (Phi) is 5.09. The van der Waals surface area contributed by atoms with E-state index in [0.717, 1.165) is 18.2 Å². The minimum absolute atomic E-state index is 0.0528. The molecule has 26 heavy (non-hydrogen) atoms. The third-order valence-corrected chi connectivity index (χ3v) is 3.69. The first-order valence-corrected chi connectivity index (χ1v) is 7.75. The molecule has 0 bridgehead atoms. The summed E-state index contributed by atoms with van der Waals surface area (Å²) < 4.78 is 39.6. The van der Waals surface area contributed by atoms with E-state index in [1.54, 1.807) is 0 Å². The van der Waals surface area contributed by atoms with Crippen molar-refractivity contribution in [2.45, 2.75) is 0 Å². The number of carbonyl (C=O) groups is 1. The molecule has 2 aromatic carbocycles. The van der Waals surface area contributed by atoms with Gasteiger partial charge in [0.05, 0.1) is 16.3 Å². The van der Waals surface area contributed by atoms with Gasteiger partial charge in [-0.2, -0.15) is 0 Å². The summed E-state index contributed by atoms with van der Waals surface area (Å²) in [5.41, 5.74) is 0.615. The number of nitrogens with zero attached hydrogens (tertiary/aromatic N) is 1. The topological polar surface area (TPSA) is 54.0 Å². The van der Waals surface area contributed by atoms with Gasteiger partial charge in [-0.3, -0.25) is 4.79 Å². The number of hydrogen-bond acceptors (Lipinski definition) is 3. The van der Waals surface area contributed by atoms with Crippen molar-refractivity contribution in [2.75, 3.05) is 10.6 Å². The van der Waals surface area contributed by atoms with E-state index in [-0.39, 0.29) is 22.1 Å². The van der Waals surface area contributed by atoms with Crippen molar-refractivity contribution in [3.63, 3.8) is 0 Å². The fourth-order valence-electron chi connectivity index (χ4n) is 2.11. The van der Waals surface area contributed by atoms with Gasteiger partial charge in [-0.25, -0.2) is 18.2 Å². The smallest absolute Gasteiger partial charge is 0.257 e. The maximum Gasteiger partial charge on any atom is 0.257 e. The molecule has 1 aromatic heterocycles. The number of aromatic nitrogens is 1. The van der Waals surface area contributed by atoms with E-state index in [0.29, 0.717) is 5.69 Å². The fourth-order valence-corrected chi connectivity index (χ4v) is 2.29. The van der Waals surface area contributed by atoms with Crippen LogP contribution in [0.3, 0.4) is 0 Å². The van der Waals surface area contributed by atoms with Crippen molar-refractivity contribution in [2.24, 2.45) is 0 Å². The van der Waals surface area contributed by atoms with Gasteiger partial charge in [0.2, 0.25) is 0 Å². The maximum absolute atomic E-state index is 13.6. The standard InChI is InChI=1S/C18H11ClF3N3O/c19-13-8-12(3-4-14(13)21)24-18(26)10-1-6-17(23-9-10)25-16-5-2-11(20)7-15(16)22/h1-9H,(H,23,25)(H,24,26). The van der Waals surface area contributed by atoms with E-state index in [1.807, 2.05) is 0 Å². The van der Waals surface area contributed by atoms with Crippen LogP contribution in [0.1, 0.15) is 10.4 Å². The van der Waals surface area contributed by atoms with Gasteiger partial charge in [0.25, 0.3) is 5.91 Å². The second-order valence-corrected chi connectivity index (χ2v) is 5.67. The molecule has 0 aliphatic rings. The van der Waals surface area contributed by atoms with Gasteiger partial charge in [-0.05, 0) is 42.5 Å². The molecule has 1 amide bonds. The van der Waals surface area contributed by atoms with Gasteiger partial charge in [-0.15, -0.1) is 0 Å². The van der Waals surface area contributed by atoms with E-state index in [1.165, 1.54) is 36.5 Å². The third kappa shape index (κ3) is 4.12. The molecular formula is C18H11ClF3N3O. The predicted octanol–water partition coefficient (Wildman–Crippen LogP) is 5.15. The summed E-state index contributed by atoms with van der Waals surface area (Å²) in [4.78, 5) is 16.2. The van der Waals surface area contributed by atoms with Crippen LogP contribution in [-0.4, -0.2) is 10.9 Å². The highest BCUT2D eigenvalue weighted by Gasteiger charge is 2.10. The summed E-state index contributed by atoms with van der Waals surface area (Å²) in [6, 6.07) is 9.84. The number of pyridine rings is 1. The van der Waals surface area contributed by atoms with Crippen LogP contribution >= 0.6 is 11.6 Å². The van der Waals surface area contributed by atoms with E-state index < -0.39 is 23.4 Å². The highest BCUT2D eigenvalue weighted by atomic mass is 35.5. The zero-order valence-corrected chi connectivity index (χ0v) is 13.8. The van der Waals surface area contributed by atoms with Crippen LogP contribution < -0.4 is 10.6 Å². The summed E-state index contributed by atoms with van der Waals surface area (Å²) in [6.45, 7) is 0. The second-order valence-electron chi connectivity index (χ2n) is 5.26. The van der Waals surface area contributed by atoms with Crippen molar-refractivity contribution in [1.29, 1.82) is 0 Å². The van der Waals surface area contributed by atoms with Crippen LogP contribution in [-0.2, 0) is 0 Å². The van der Waals surface area contributed by atoms with E-state index in [2.05, 4.69) is 15.6 Å². The lowest BCUT2D eigenvalue weighted by Crippen LogP contribution is -2.12. The number of halogens is 4. The van der Waals surface area contributed by atoms with E-state index in [9.17, 15) is 18.0 Å². The first-order chi connectivity index (χ1) is 12.4. The lowest BCUT2D eigenvalue weighted by Gasteiger charge is -2.08. The van der Waals surface area contributed by atoms with Gasteiger partial charge in [-0.1, -0.05) is 11.6 Å². The molecule has 0 aliphatic carbocycles. The van der Waals surface area contributed by atoms with E-state index >= 15 is 0 Å². The van der Waals surface area contributed by atoms with Crippen molar-refractivity contribution >= 4 is 34.7 Å². The average molecular weight is 378 g/mol. The van der Waals surface area contributed by atoms with Crippen LogP contribution in [0, 0.1) is 17.5 Å². The molecule has 0 fully saturated rings. The third-order valence-electron chi connectivity index (χ3n) is 3.40. The fraction of sp³-hybridized carbons (Fsp3) is 0. The van der Waals surface area contributed by atoms with Crippen molar-refractivity contribution in [3.8, 4) is 0 Å². The molecule has 0 atom stereocenters. The minimum atomic E-state index is -0.762. The summed E-state index contributed by atoms with van der Waals surface area (Å²) in [6.07, 6.45) is 1.28. The highest BCUT2D eigenvalue weighted by molar-refractivity contribution is 6.31. The van der Waals surface area contributed by atoms with Gasteiger partial charge >= 0.3 is 0 Å². The molecule has 0 radical (unpaired) electrons. The quantitative estimate of drug-likeness (QED) is 0.661. The van der Waals surface area contributed by atoms with Crippen LogP contribution in [0.25, 0.3) is 0 Å². The van der Waals surface area contributed by atoms with Gasteiger partial charge in [0.1, 0.15) is 23.3 Å². The number of benzene rings is 2. The zero-order chi connectivity index (χ0) is 18.7. The first kappa shape index (κ1) is 17.8. The Hall–Kier alpha value is -3.06. The first-order valence-electron chi connectivity index (χ1n) is 7.37. The molecule has 3 rings (SSSR count). The minimum Gasteiger partial charge on any atom is -0.338 e. The molecule has 0 spiro atoms. The SMILES string of the molecule is O=C(Nc1ccc(F)c(Cl)c1)c1ccc(Nc2ccc(F)cc2F)nc1. The molecule has 0 saturated carbocycles. The number of nitrogens with one attached hydrogen (secondary N) is 2. The summed E-state index contributed by atoms with van der Waals surface area (Å²) in [5, 5.41) is 5.13. The Morgan fingerprint density at radius 2 is 1.77 bits per heavy atom. The molecule has 132 valence electrons. The second kappa shape index (κ2) is 7.45. The molecular weight excluding hydrogens is 367 g/mol. The van der Waals surface area contributed by atoms with Crippen LogP contribution in [0.15, 0.2) is 54.7 Å². The van der Waals surface area contributed by atoms with Gasteiger partial charge in [0.15, 0.2) is 0 Å². The van der Waals surface area contributed by atoms with E-state index in [4.69, 9.17) is 11.6 Å². The summed E-state index contributed by atoms with van der Waals surface area (Å²) in [7, 11) is 0. The normalized spacial score (nSPS) is 10.5. The number of hydrogen-bond donors (Lipinski definition) is 2. The lowest BCUT2D eigenvalue weighted by atomic mass is 10.2. The Bertz CT molecular complexity index is 964. The zero-order valence-electron chi connectivity index (χ0n) is 13.1. The molecule has 4 nitrogen and oxygen atoms in total. The Labute approximate surface area is 151 Å².